The van der Waals surface area contributed by atoms with E-state index >= 15 is 0 Å². The smallest absolute Gasteiger partial charge is 0.257 e. The Kier molecular flexibility index (Phi) is 6.12. The number of para-hydroxylation sites is 2. The Labute approximate surface area is 154 Å². The fraction of sp³-hybridized carbons (Fsp3) is 0.381. The van der Waals surface area contributed by atoms with E-state index in [-0.39, 0.29) is 18.1 Å². The molecule has 2 atom stereocenters. The maximum Gasteiger partial charge on any atom is 0.257 e. The van der Waals surface area contributed by atoms with Gasteiger partial charge in [0, 0.05) is 13.1 Å². The molecule has 1 aliphatic heterocycles. The molecule has 2 aromatic carbocycles. The van der Waals surface area contributed by atoms with Crippen LogP contribution in [-0.4, -0.2) is 49.3 Å². The topological polar surface area (TPSA) is 48.0 Å². The molecule has 0 N–H and O–H groups in total. The highest BCUT2D eigenvalue weighted by molar-refractivity contribution is 5.97. The summed E-state index contributed by atoms with van der Waals surface area (Å²) in [5, 5.41) is 0. The van der Waals surface area contributed by atoms with Crippen molar-refractivity contribution < 1.29 is 19.0 Å². The van der Waals surface area contributed by atoms with Crippen molar-refractivity contribution in [2.45, 2.75) is 26.1 Å². The molecule has 1 aliphatic rings. The molecule has 138 valence electrons. The molecule has 0 aromatic heterocycles. The third-order valence-corrected chi connectivity index (χ3v) is 4.18. The molecule has 3 rings (SSSR count). The van der Waals surface area contributed by atoms with Crippen LogP contribution in [0.4, 0.5) is 0 Å². The maximum absolute atomic E-state index is 12.9. The van der Waals surface area contributed by atoms with Crippen molar-refractivity contribution in [2.24, 2.45) is 0 Å². The Balaban J connectivity index is 1.59. The first kappa shape index (κ1) is 18.3. The molecule has 0 saturated carbocycles. The van der Waals surface area contributed by atoms with E-state index in [2.05, 4.69) is 0 Å². The summed E-state index contributed by atoms with van der Waals surface area (Å²) in [7, 11) is 0. The predicted molar refractivity (Wildman–Crippen MR) is 99.8 cm³/mol. The molecule has 26 heavy (non-hydrogen) atoms. The van der Waals surface area contributed by atoms with Gasteiger partial charge in [-0.25, -0.2) is 0 Å². The zero-order valence-electron chi connectivity index (χ0n) is 15.3. The van der Waals surface area contributed by atoms with E-state index in [1.54, 1.807) is 6.07 Å². The number of carbonyl (C=O) groups excluding carboxylic acids is 1. The molecule has 0 spiro atoms. The summed E-state index contributed by atoms with van der Waals surface area (Å²) >= 11 is 0. The van der Waals surface area contributed by atoms with Gasteiger partial charge >= 0.3 is 0 Å². The minimum atomic E-state index is -0.0217. The lowest BCUT2D eigenvalue weighted by molar-refractivity contribution is -0.0586. The van der Waals surface area contributed by atoms with Crippen molar-refractivity contribution in [3.63, 3.8) is 0 Å². The highest BCUT2D eigenvalue weighted by Crippen LogP contribution is 2.22. The van der Waals surface area contributed by atoms with Crippen molar-refractivity contribution in [2.75, 3.05) is 26.3 Å². The van der Waals surface area contributed by atoms with Gasteiger partial charge in [-0.2, -0.15) is 0 Å². The van der Waals surface area contributed by atoms with Gasteiger partial charge in [-0.3, -0.25) is 4.79 Å². The van der Waals surface area contributed by atoms with Gasteiger partial charge in [-0.15, -0.1) is 0 Å². The van der Waals surface area contributed by atoms with Crippen LogP contribution in [0.25, 0.3) is 0 Å². The molecule has 1 amide bonds. The molecule has 1 saturated heterocycles. The van der Waals surface area contributed by atoms with Gasteiger partial charge in [0.05, 0.1) is 17.8 Å². The van der Waals surface area contributed by atoms with Crippen LogP contribution in [0, 0.1) is 0 Å². The average Bonchev–Trinajstić information content (AvgIpc) is 2.65. The zero-order chi connectivity index (χ0) is 18.4. The lowest BCUT2D eigenvalue weighted by Crippen LogP contribution is -2.48. The number of hydrogen-bond acceptors (Lipinski definition) is 4. The van der Waals surface area contributed by atoms with Crippen LogP contribution in [0.1, 0.15) is 24.2 Å². The van der Waals surface area contributed by atoms with E-state index in [4.69, 9.17) is 14.2 Å². The Morgan fingerprint density at radius 2 is 1.58 bits per heavy atom. The van der Waals surface area contributed by atoms with Crippen LogP contribution in [0.5, 0.6) is 11.5 Å². The summed E-state index contributed by atoms with van der Waals surface area (Å²) in [6, 6.07) is 16.9. The molecule has 1 heterocycles. The molecular formula is C21H25NO4. The Hall–Kier alpha value is -2.53. The number of nitrogens with zero attached hydrogens (tertiary/aromatic N) is 1. The molecule has 5 heteroatoms. The molecule has 2 unspecified atom stereocenters. The molecule has 0 bridgehead atoms. The van der Waals surface area contributed by atoms with E-state index in [1.165, 1.54) is 0 Å². The van der Waals surface area contributed by atoms with Crippen molar-refractivity contribution >= 4 is 5.91 Å². The van der Waals surface area contributed by atoms with Crippen LogP contribution in [-0.2, 0) is 4.74 Å². The molecule has 0 aliphatic carbocycles. The van der Waals surface area contributed by atoms with Crippen molar-refractivity contribution in [3.05, 3.63) is 60.2 Å². The van der Waals surface area contributed by atoms with Crippen molar-refractivity contribution in [1.29, 1.82) is 0 Å². The molecule has 0 radical (unpaired) electrons. The third-order valence-electron chi connectivity index (χ3n) is 4.18. The highest BCUT2D eigenvalue weighted by atomic mass is 16.5. The van der Waals surface area contributed by atoms with Gasteiger partial charge in [0.2, 0.25) is 0 Å². The fourth-order valence-corrected chi connectivity index (χ4v) is 3.11. The monoisotopic (exact) mass is 355 g/mol. The van der Waals surface area contributed by atoms with Crippen molar-refractivity contribution in [1.82, 2.24) is 4.90 Å². The standard InChI is InChI=1S/C21H25NO4/c1-16-14-22(15-17(2)26-16)21(23)19-10-6-7-11-20(19)25-13-12-24-18-8-4-3-5-9-18/h3-11,16-17H,12-15H2,1-2H3. The second kappa shape index (κ2) is 8.72. The van der Waals surface area contributed by atoms with Crippen LogP contribution >= 0.6 is 0 Å². The number of hydrogen-bond donors (Lipinski definition) is 0. The molecule has 1 fully saturated rings. The van der Waals surface area contributed by atoms with Crippen LogP contribution in [0.15, 0.2) is 54.6 Å². The first-order chi connectivity index (χ1) is 12.6. The number of amides is 1. The first-order valence-electron chi connectivity index (χ1n) is 8.98. The maximum atomic E-state index is 12.9. The summed E-state index contributed by atoms with van der Waals surface area (Å²) in [6.45, 7) is 5.94. The van der Waals surface area contributed by atoms with E-state index in [0.29, 0.717) is 37.6 Å². The SMILES string of the molecule is CC1CN(C(=O)c2ccccc2OCCOc2ccccc2)CC(C)O1. The number of ether oxygens (including phenoxy) is 3. The highest BCUT2D eigenvalue weighted by Gasteiger charge is 2.28. The third kappa shape index (κ3) is 4.76. The van der Waals surface area contributed by atoms with Crippen LogP contribution in [0.2, 0.25) is 0 Å². The first-order valence-corrected chi connectivity index (χ1v) is 8.98. The van der Waals surface area contributed by atoms with Crippen molar-refractivity contribution in [3.8, 4) is 11.5 Å². The molecule has 2 aromatic rings. The summed E-state index contributed by atoms with van der Waals surface area (Å²) in [5.74, 6) is 1.37. The molecular weight excluding hydrogens is 330 g/mol. The minimum Gasteiger partial charge on any atom is -0.490 e. The summed E-state index contributed by atoms with van der Waals surface area (Å²) in [4.78, 5) is 14.8. The Morgan fingerprint density at radius 3 is 2.31 bits per heavy atom. The van der Waals surface area contributed by atoms with Gasteiger partial charge in [0.25, 0.3) is 5.91 Å². The van der Waals surface area contributed by atoms with Gasteiger partial charge in [0.15, 0.2) is 0 Å². The number of benzene rings is 2. The largest absolute Gasteiger partial charge is 0.490 e. The predicted octanol–water partition coefficient (Wildman–Crippen LogP) is 3.39. The lowest BCUT2D eigenvalue weighted by atomic mass is 10.1. The Morgan fingerprint density at radius 1 is 0.962 bits per heavy atom. The summed E-state index contributed by atoms with van der Waals surface area (Å²) < 4.78 is 17.2. The normalized spacial score (nSPS) is 19.8. The summed E-state index contributed by atoms with van der Waals surface area (Å²) in [6.07, 6.45) is 0.0742. The van der Waals surface area contributed by atoms with E-state index < -0.39 is 0 Å². The average molecular weight is 355 g/mol. The van der Waals surface area contributed by atoms with Crippen LogP contribution < -0.4 is 9.47 Å². The minimum absolute atomic E-state index is 0.0217. The number of rotatable bonds is 6. The second-order valence-electron chi connectivity index (χ2n) is 6.47. The summed E-state index contributed by atoms with van der Waals surface area (Å²) in [5.41, 5.74) is 0.577. The van der Waals surface area contributed by atoms with E-state index in [9.17, 15) is 4.79 Å². The number of morpholine rings is 1. The Bertz CT molecular complexity index is 709. The lowest BCUT2D eigenvalue weighted by Gasteiger charge is -2.35. The molecule has 5 nitrogen and oxygen atoms in total. The quantitative estimate of drug-likeness (QED) is 0.745. The van der Waals surface area contributed by atoms with Gasteiger partial charge in [-0.1, -0.05) is 30.3 Å². The van der Waals surface area contributed by atoms with E-state index in [0.717, 1.165) is 5.75 Å². The second-order valence-corrected chi connectivity index (χ2v) is 6.47. The van der Waals surface area contributed by atoms with E-state index in [1.807, 2.05) is 67.3 Å². The van der Waals surface area contributed by atoms with Gasteiger partial charge in [0.1, 0.15) is 24.7 Å². The van der Waals surface area contributed by atoms with Gasteiger partial charge in [-0.05, 0) is 38.1 Å². The zero-order valence-corrected chi connectivity index (χ0v) is 15.3. The van der Waals surface area contributed by atoms with Crippen LogP contribution in [0.3, 0.4) is 0 Å². The van der Waals surface area contributed by atoms with Gasteiger partial charge < -0.3 is 19.1 Å². The number of carbonyl (C=O) groups is 1. The fourth-order valence-electron chi connectivity index (χ4n) is 3.11.